The van der Waals surface area contributed by atoms with E-state index in [0.29, 0.717) is 6.54 Å². The van der Waals surface area contributed by atoms with Gasteiger partial charge in [0.1, 0.15) is 0 Å². The van der Waals surface area contributed by atoms with Crippen LogP contribution in [-0.4, -0.2) is 23.6 Å². The molecule has 13 heavy (non-hydrogen) atoms. The lowest BCUT2D eigenvalue weighted by molar-refractivity contribution is 0.211. The van der Waals surface area contributed by atoms with Crippen LogP contribution in [0, 0.1) is 0 Å². The highest BCUT2D eigenvalue weighted by atomic mass is 35.5. The van der Waals surface area contributed by atoms with Crippen molar-refractivity contribution in [2.24, 2.45) is 0 Å². The number of halogens is 1. The fraction of sp³-hybridized carbons (Fsp3) is 0.333. The highest BCUT2D eigenvalue weighted by molar-refractivity contribution is 7.80. The van der Waals surface area contributed by atoms with Gasteiger partial charge in [-0.25, -0.2) is 0 Å². The Morgan fingerprint density at radius 2 is 2.15 bits per heavy atom. The van der Waals surface area contributed by atoms with Gasteiger partial charge in [0.05, 0.1) is 12.0 Å². The number of hydrogen-bond donors (Lipinski definition) is 3. The standard InChI is InChI=1S/C9H12ClNOS/c10-5-7(12)6-11-8-3-1-2-4-9(8)13/h1-4,7,11-13H,5-6H2. The minimum Gasteiger partial charge on any atom is -0.390 e. The van der Waals surface area contributed by atoms with Crippen LogP contribution < -0.4 is 5.32 Å². The molecule has 1 unspecified atom stereocenters. The Labute approximate surface area is 88.3 Å². The zero-order valence-corrected chi connectivity index (χ0v) is 8.72. The van der Waals surface area contributed by atoms with Gasteiger partial charge in [-0.15, -0.1) is 24.2 Å². The summed E-state index contributed by atoms with van der Waals surface area (Å²) in [6.07, 6.45) is -0.519. The van der Waals surface area contributed by atoms with Crippen LogP contribution in [0.3, 0.4) is 0 Å². The third kappa shape index (κ3) is 3.46. The summed E-state index contributed by atoms with van der Waals surface area (Å²) in [5, 5.41) is 12.2. The lowest BCUT2D eigenvalue weighted by Gasteiger charge is -2.11. The number of hydrogen-bond acceptors (Lipinski definition) is 3. The minimum atomic E-state index is -0.519. The molecule has 0 aliphatic heterocycles. The maximum Gasteiger partial charge on any atom is 0.0847 e. The normalized spacial score (nSPS) is 12.5. The predicted molar refractivity (Wildman–Crippen MR) is 58.9 cm³/mol. The third-order valence-corrected chi connectivity index (χ3v) is 2.36. The second kappa shape index (κ2) is 5.37. The van der Waals surface area contributed by atoms with Crippen molar-refractivity contribution in [3.63, 3.8) is 0 Å². The first kappa shape index (κ1) is 10.7. The number of aliphatic hydroxyl groups is 1. The van der Waals surface area contributed by atoms with Crippen molar-refractivity contribution in [3.05, 3.63) is 24.3 Å². The molecule has 1 rings (SSSR count). The van der Waals surface area contributed by atoms with Crippen molar-refractivity contribution in [2.45, 2.75) is 11.0 Å². The van der Waals surface area contributed by atoms with Crippen molar-refractivity contribution in [3.8, 4) is 0 Å². The lowest BCUT2D eigenvalue weighted by atomic mass is 10.3. The Balaban J connectivity index is 2.50. The molecule has 2 N–H and O–H groups in total. The van der Waals surface area contributed by atoms with Crippen LogP contribution in [0.4, 0.5) is 5.69 Å². The molecule has 1 atom stereocenters. The van der Waals surface area contributed by atoms with Crippen LogP contribution >= 0.6 is 24.2 Å². The fourth-order valence-electron chi connectivity index (χ4n) is 0.905. The molecule has 0 radical (unpaired) electrons. The van der Waals surface area contributed by atoms with Crippen molar-refractivity contribution in [1.82, 2.24) is 0 Å². The van der Waals surface area contributed by atoms with E-state index in [9.17, 15) is 5.11 Å². The van der Waals surface area contributed by atoms with Gasteiger partial charge in [0.15, 0.2) is 0 Å². The summed E-state index contributed by atoms with van der Waals surface area (Å²) in [5.74, 6) is 0.238. The molecule has 1 aromatic carbocycles. The molecule has 0 aliphatic rings. The van der Waals surface area contributed by atoms with Crippen LogP contribution in [0.25, 0.3) is 0 Å². The number of para-hydroxylation sites is 1. The van der Waals surface area contributed by atoms with Crippen LogP contribution in [-0.2, 0) is 0 Å². The summed E-state index contributed by atoms with van der Waals surface area (Å²) < 4.78 is 0. The molecule has 0 bridgehead atoms. The number of aliphatic hydroxyl groups excluding tert-OH is 1. The molecule has 0 amide bonds. The van der Waals surface area contributed by atoms with E-state index < -0.39 is 6.10 Å². The molecule has 0 saturated heterocycles. The van der Waals surface area contributed by atoms with Gasteiger partial charge >= 0.3 is 0 Å². The Morgan fingerprint density at radius 3 is 2.77 bits per heavy atom. The Morgan fingerprint density at radius 1 is 1.46 bits per heavy atom. The van der Waals surface area contributed by atoms with Crippen molar-refractivity contribution >= 4 is 29.9 Å². The van der Waals surface area contributed by atoms with E-state index in [1.165, 1.54) is 0 Å². The smallest absolute Gasteiger partial charge is 0.0847 e. The van der Waals surface area contributed by atoms with Gasteiger partial charge in [0.2, 0.25) is 0 Å². The van der Waals surface area contributed by atoms with Crippen LogP contribution in [0.1, 0.15) is 0 Å². The number of benzene rings is 1. The van der Waals surface area contributed by atoms with Gasteiger partial charge in [-0.2, -0.15) is 0 Å². The molecule has 0 spiro atoms. The zero-order valence-electron chi connectivity index (χ0n) is 7.07. The van der Waals surface area contributed by atoms with Crippen molar-refractivity contribution in [2.75, 3.05) is 17.7 Å². The number of anilines is 1. The number of rotatable bonds is 4. The number of alkyl halides is 1. The summed E-state index contributed by atoms with van der Waals surface area (Å²) in [5.41, 5.74) is 0.912. The second-order valence-corrected chi connectivity index (χ2v) is 3.50. The van der Waals surface area contributed by atoms with Gasteiger partial charge in [-0.1, -0.05) is 12.1 Å². The molecule has 0 aliphatic carbocycles. The number of nitrogens with one attached hydrogen (secondary N) is 1. The van der Waals surface area contributed by atoms with E-state index >= 15 is 0 Å². The maximum atomic E-state index is 9.19. The summed E-state index contributed by atoms with van der Waals surface area (Å²) in [6.45, 7) is 0.446. The Hall–Kier alpha value is -0.380. The van der Waals surface area contributed by atoms with Gasteiger partial charge in [-0.3, -0.25) is 0 Å². The average Bonchev–Trinajstić information content (AvgIpc) is 2.16. The molecule has 0 aromatic heterocycles. The Bertz CT molecular complexity index is 270. The average molecular weight is 218 g/mol. The summed E-state index contributed by atoms with van der Waals surface area (Å²) in [6, 6.07) is 7.61. The molecule has 1 aromatic rings. The van der Waals surface area contributed by atoms with Gasteiger partial charge in [-0.05, 0) is 12.1 Å². The Kier molecular flexibility index (Phi) is 4.42. The lowest BCUT2D eigenvalue weighted by Crippen LogP contribution is -2.20. The zero-order chi connectivity index (χ0) is 9.68. The largest absolute Gasteiger partial charge is 0.390 e. The molecule has 0 fully saturated rings. The highest BCUT2D eigenvalue weighted by Gasteiger charge is 2.02. The second-order valence-electron chi connectivity index (χ2n) is 2.71. The molecule has 4 heteroatoms. The summed E-state index contributed by atoms with van der Waals surface area (Å²) >= 11 is 9.70. The van der Waals surface area contributed by atoms with E-state index in [4.69, 9.17) is 11.6 Å². The van der Waals surface area contributed by atoms with E-state index in [1.54, 1.807) is 0 Å². The van der Waals surface area contributed by atoms with E-state index in [0.717, 1.165) is 10.6 Å². The molecule has 0 saturated carbocycles. The third-order valence-electron chi connectivity index (χ3n) is 1.61. The van der Waals surface area contributed by atoms with Crippen LogP contribution in [0.15, 0.2) is 29.2 Å². The molecule has 0 heterocycles. The van der Waals surface area contributed by atoms with Crippen LogP contribution in [0.5, 0.6) is 0 Å². The predicted octanol–water partition coefficient (Wildman–Crippen LogP) is 1.99. The molecular formula is C9H12ClNOS. The fourth-order valence-corrected chi connectivity index (χ4v) is 1.25. The maximum absolute atomic E-state index is 9.19. The first-order valence-electron chi connectivity index (χ1n) is 4.00. The highest BCUT2D eigenvalue weighted by Crippen LogP contribution is 2.18. The summed E-state index contributed by atoms with van der Waals surface area (Å²) in [7, 11) is 0. The molecular weight excluding hydrogens is 206 g/mol. The topological polar surface area (TPSA) is 32.3 Å². The monoisotopic (exact) mass is 217 g/mol. The van der Waals surface area contributed by atoms with Crippen LogP contribution in [0.2, 0.25) is 0 Å². The first-order valence-corrected chi connectivity index (χ1v) is 4.98. The minimum absolute atomic E-state index is 0.238. The molecule has 2 nitrogen and oxygen atoms in total. The quantitative estimate of drug-likeness (QED) is 0.533. The SMILES string of the molecule is OC(CCl)CNc1ccccc1S. The van der Waals surface area contributed by atoms with Gasteiger partial charge < -0.3 is 10.4 Å². The van der Waals surface area contributed by atoms with Gasteiger partial charge in [0, 0.05) is 17.1 Å². The first-order chi connectivity index (χ1) is 6.24. The van der Waals surface area contributed by atoms with E-state index in [-0.39, 0.29) is 5.88 Å². The van der Waals surface area contributed by atoms with Crippen molar-refractivity contribution in [1.29, 1.82) is 0 Å². The molecule has 72 valence electrons. The van der Waals surface area contributed by atoms with E-state index in [2.05, 4.69) is 17.9 Å². The van der Waals surface area contributed by atoms with E-state index in [1.807, 2.05) is 24.3 Å². The van der Waals surface area contributed by atoms with Gasteiger partial charge in [0.25, 0.3) is 0 Å². The summed E-state index contributed by atoms with van der Waals surface area (Å²) in [4.78, 5) is 0.865. The number of thiol groups is 1. The van der Waals surface area contributed by atoms with Crippen molar-refractivity contribution < 1.29 is 5.11 Å².